The maximum Gasteiger partial charge on any atom is 0.244 e. The molecule has 0 heterocycles. The Morgan fingerprint density at radius 2 is 1.71 bits per heavy atom. The smallest absolute Gasteiger partial charge is 0.244 e. The third-order valence-electron chi connectivity index (χ3n) is 6.74. The van der Waals surface area contributed by atoms with Crippen LogP contribution >= 0.6 is 39.1 Å². The lowest BCUT2D eigenvalue weighted by atomic mass is 10.0. The van der Waals surface area contributed by atoms with Gasteiger partial charge in [0.05, 0.1) is 11.9 Å². The van der Waals surface area contributed by atoms with E-state index in [0.717, 1.165) is 26.2 Å². The number of nitrogens with zero attached hydrogens (tertiary/aromatic N) is 2. The third-order valence-corrected chi connectivity index (χ3v) is 9.35. The van der Waals surface area contributed by atoms with Gasteiger partial charge in [-0.2, -0.15) is 0 Å². The Labute approximate surface area is 261 Å². The number of rotatable bonds is 12. The predicted molar refractivity (Wildman–Crippen MR) is 170 cm³/mol. The second-order valence-corrected chi connectivity index (χ2v) is 13.6. The zero-order valence-corrected chi connectivity index (χ0v) is 27.3. The van der Waals surface area contributed by atoms with Crippen LogP contribution < -0.4 is 9.62 Å². The number of anilines is 1. The van der Waals surface area contributed by atoms with Crippen LogP contribution in [0.25, 0.3) is 0 Å². The van der Waals surface area contributed by atoms with E-state index in [2.05, 4.69) is 21.2 Å². The molecule has 0 bridgehead atoms. The van der Waals surface area contributed by atoms with E-state index in [-0.39, 0.29) is 24.9 Å². The molecule has 0 unspecified atom stereocenters. The fraction of sp³-hybridized carbons (Fsp3) is 0.333. The van der Waals surface area contributed by atoms with Crippen molar-refractivity contribution in [1.29, 1.82) is 0 Å². The predicted octanol–water partition coefficient (Wildman–Crippen LogP) is 6.39. The van der Waals surface area contributed by atoms with Crippen LogP contribution in [0.15, 0.2) is 71.2 Å². The number of sulfonamides is 1. The average Bonchev–Trinajstić information content (AvgIpc) is 2.91. The molecular formula is C30H34BrCl2N3O4S. The molecule has 0 aromatic heterocycles. The molecule has 11 heteroatoms. The largest absolute Gasteiger partial charge is 0.352 e. The molecule has 0 aliphatic rings. The molecule has 3 rings (SSSR count). The quantitative estimate of drug-likeness (QED) is 0.240. The Kier molecular flexibility index (Phi) is 11.7. The molecule has 220 valence electrons. The summed E-state index contributed by atoms with van der Waals surface area (Å²) in [5, 5.41) is 3.76. The second kappa shape index (κ2) is 14.5. The Morgan fingerprint density at radius 3 is 2.29 bits per heavy atom. The van der Waals surface area contributed by atoms with Gasteiger partial charge in [-0.3, -0.25) is 13.9 Å². The highest BCUT2D eigenvalue weighted by Gasteiger charge is 2.33. The molecule has 3 aromatic rings. The molecule has 0 fully saturated rings. The van der Waals surface area contributed by atoms with Gasteiger partial charge in [-0.15, -0.1) is 0 Å². The van der Waals surface area contributed by atoms with Crippen LogP contribution in [0.1, 0.15) is 37.0 Å². The summed E-state index contributed by atoms with van der Waals surface area (Å²) in [6, 6.07) is 18.3. The summed E-state index contributed by atoms with van der Waals surface area (Å²) in [5.74, 6) is -0.894. The first-order chi connectivity index (χ1) is 19.3. The van der Waals surface area contributed by atoms with E-state index in [9.17, 15) is 18.0 Å². The number of benzene rings is 3. The van der Waals surface area contributed by atoms with Crippen molar-refractivity contribution in [2.45, 2.75) is 52.2 Å². The molecule has 0 aliphatic carbocycles. The van der Waals surface area contributed by atoms with Gasteiger partial charge in [-0.05, 0) is 67.3 Å². The first-order valence-corrected chi connectivity index (χ1v) is 16.5. The summed E-state index contributed by atoms with van der Waals surface area (Å²) in [5.41, 5.74) is 2.57. The fourth-order valence-corrected chi connectivity index (χ4v) is 5.78. The van der Waals surface area contributed by atoms with E-state index < -0.39 is 28.5 Å². The van der Waals surface area contributed by atoms with Crippen molar-refractivity contribution >= 4 is 66.7 Å². The summed E-state index contributed by atoms with van der Waals surface area (Å²) in [7, 11) is -3.86. The van der Waals surface area contributed by atoms with Gasteiger partial charge in [0.1, 0.15) is 12.6 Å². The molecule has 0 radical (unpaired) electrons. The maximum absolute atomic E-state index is 14.2. The van der Waals surface area contributed by atoms with Gasteiger partial charge >= 0.3 is 0 Å². The molecule has 2 atom stereocenters. The van der Waals surface area contributed by atoms with Gasteiger partial charge in [0.2, 0.25) is 21.8 Å². The maximum atomic E-state index is 14.2. The first-order valence-electron chi connectivity index (χ1n) is 13.1. The number of aryl methyl sites for hydroxylation is 1. The normalized spacial score (nSPS) is 12.9. The van der Waals surface area contributed by atoms with Crippen LogP contribution in [0.2, 0.25) is 10.0 Å². The minimum absolute atomic E-state index is 0.0305. The molecule has 0 aliphatic heterocycles. The zero-order valence-electron chi connectivity index (χ0n) is 23.4. The van der Waals surface area contributed by atoms with Crippen LogP contribution in [0, 0.1) is 6.92 Å². The monoisotopic (exact) mass is 681 g/mol. The van der Waals surface area contributed by atoms with Gasteiger partial charge in [0.15, 0.2) is 0 Å². The lowest BCUT2D eigenvalue weighted by molar-refractivity contribution is -0.140. The van der Waals surface area contributed by atoms with Crippen molar-refractivity contribution in [2.75, 3.05) is 17.1 Å². The van der Waals surface area contributed by atoms with Crippen molar-refractivity contribution < 1.29 is 18.0 Å². The van der Waals surface area contributed by atoms with E-state index in [4.69, 9.17) is 23.2 Å². The highest BCUT2D eigenvalue weighted by Crippen LogP contribution is 2.27. The van der Waals surface area contributed by atoms with Crippen molar-refractivity contribution in [1.82, 2.24) is 10.2 Å². The molecule has 0 saturated heterocycles. The fourth-order valence-electron chi connectivity index (χ4n) is 4.23. The number of hydrogen-bond acceptors (Lipinski definition) is 4. The first kappa shape index (κ1) is 32.9. The SMILES string of the molecule is CC[C@@H](C)NC(=O)[C@@H](Cc1ccccc1)N(Cc1ccc(Cl)cc1Cl)C(=O)CN(c1ccc(Br)c(C)c1)S(C)(=O)=O. The van der Waals surface area contributed by atoms with Crippen molar-refractivity contribution in [2.24, 2.45) is 0 Å². The molecule has 3 aromatic carbocycles. The Morgan fingerprint density at radius 1 is 1.02 bits per heavy atom. The van der Waals surface area contributed by atoms with Crippen molar-refractivity contribution in [3.8, 4) is 0 Å². The highest BCUT2D eigenvalue weighted by molar-refractivity contribution is 9.10. The second-order valence-electron chi connectivity index (χ2n) is 9.98. The lowest BCUT2D eigenvalue weighted by Gasteiger charge is -2.34. The highest BCUT2D eigenvalue weighted by atomic mass is 79.9. The van der Waals surface area contributed by atoms with Gasteiger partial charge in [0, 0.05) is 33.5 Å². The third kappa shape index (κ3) is 9.20. The van der Waals surface area contributed by atoms with E-state index in [1.165, 1.54) is 4.90 Å². The number of amides is 2. The lowest BCUT2D eigenvalue weighted by Crippen LogP contribution is -2.54. The molecule has 7 nitrogen and oxygen atoms in total. The molecule has 0 saturated carbocycles. The van der Waals surface area contributed by atoms with Crippen molar-refractivity contribution in [3.63, 3.8) is 0 Å². The van der Waals surface area contributed by atoms with Gasteiger partial charge < -0.3 is 10.2 Å². The standard InChI is InChI=1S/C30H34BrCl2N3O4S/c1-5-21(3)34-30(38)28(16-22-9-7-6-8-10-22)35(18-23-11-12-24(32)17-27(23)33)29(37)19-36(41(4,39)40)25-13-14-26(31)20(2)15-25/h6-15,17,21,28H,5,16,18-19H2,1-4H3,(H,34,38)/t21-,28-/m1/s1. The van der Waals surface area contributed by atoms with Crippen LogP contribution in [0.4, 0.5) is 5.69 Å². The molecule has 1 N–H and O–H groups in total. The summed E-state index contributed by atoms with van der Waals surface area (Å²) >= 11 is 16.1. The van der Waals surface area contributed by atoms with E-state index >= 15 is 0 Å². The van der Waals surface area contributed by atoms with Gasteiger partial charge in [-0.25, -0.2) is 8.42 Å². The van der Waals surface area contributed by atoms with Gasteiger partial charge in [0.25, 0.3) is 0 Å². The number of carbonyl (C=O) groups is 2. The van der Waals surface area contributed by atoms with E-state index in [1.807, 2.05) is 51.1 Å². The minimum atomic E-state index is -3.86. The average molecular weight is 683 g/mol. The minimum Gasteiger partial charge on any atom is -0.352 e. The number of nitrogens with one attached hydrogen (secondary N) is 1. The van der Waals surface area contributed by atoms with Crippen molar-refractivity contribution in [3.05, 3.63) is 97.9 Å². The van der Waals surface area contributed by atoms with E-state index in [1.54, 1.807) is 36.4 Å². The molecule has 41 heavy (non-hydrogen) atoms. The summed E-state index contributed by atoms with van der Waals surface area (Å²) in [6.45, 7) is 5.14. The van der Waals surface area contributed by atoms with Crippen LogP contribution in [0.3, 0.4) is 0 Å². The summed E-state index contributed by atoms with van der Waals surface area (Å²) in [4.78, 5) is 29.3. The molecular weight excluding hydrogens is 649 g/mol. The van der Waals surface area contributed by atoms with Crippen LogP contribution in [0.5, 0.6) is 0 Å². The molecule has 0 spiro atoms. The molecule has 2 amide bonds. The Hall–Kier alpha value is -2.59. The Balaban J connectivity index is 2.10. The summed E-state index contributed by atoms with van der Waals surface area (Å²) < 4.78 is 27.8. The number of hydrogen-bond donors (Lipinski definition) is 1. The number of carbonyl (C=O) groups excluding carboxylic acids is 2. The topological polar surface area (TPSA) is 86.8 Å². The summed E-state index contributed by atoms with van der Waals surface area (Å²) in [6.07, 6.45) is 1.97. The Bertz CT molecular complexity index is 1490. The number of halogens is 3. The van der Waals surface area contributed by atoms with Crippen LogP contribution in [-0.2, 0) is 32.6 Å². The van der Waals surface area contributed by atoms with Crippen LogP contribution in [-0.4, -0.2) is 50.0 Å². The van der Waals surface area contributed by atoms with E-state index in [0.29, 0.717) is 27.7 Å². The van der Waals surface area contributed by atoms with Gasteiger partial charge in [-0.1, -0.05) is 82.5 Å². The zero-order chi connectivity index (χ0) is 30.3.